The van der Waals surface area contributed by atoms with Crippen molar-refractivity contribution in [1.82, 2.24) is 5.43 Å². The molecule has 1 N–H and O–H groups in total. The third-order valence-electron chi connectivity index (χ3n) is 4.27. The minimum atomic E-state index is -0.692. The molecule has 0 aliphatic rings. The SMILES string of the molecule is COc1cc(/C=N\NC(=O)c2ccccc2[N+](=O)[O-])cc(Br)c1OCc1ccc(Cl)cc1. The first kappa shape index (κ1) is 23.2. The number of nitrogens with one attached hydrogen (secondary N) is 1. The number of carbonyl (C=O) groups excluding carboxylic acids is 1. The molecule has 3 rings (SSSR count). The van der Waals surface area contributed by atoms with Gasteiger partial charge >= 0.3 is 0 Å². The zero-order valence-corrected chi connectivity index (χ0v) is 19.1. The molecule has 32 heavy (non-hydrogen) atoms. The van der Waals surface area contributed by atoms with Crippen LogP contribution in [0.2, 0.25) is 5.02 Å². The van der Waals surface area contributed by atoms with Gasteiger partial charge in [-0.25, -0.2) is 5.43 Å². The number of rotatable bonds is 8. The Kier molecular flexibility index (Phi) is 7.80. The van der Waals surface area contributed by atoms with Crippen LogP contribution < -0.4 is 14.9 Å². The summed E-state index contributed by atoms with van der Waals surface area (Å²) in [6, 6.07) is 16.3. The van der Waals surface area contributed by atoms with E-state index in [2.05, 4.69) is 26.5 Å². The Bertz CT molecular complexity index is 1170. The molecule has 0 atom stereocenters. The highest BCUT2D eigenvalue weighted by Gasteiger charge is 2.18. The lowest BCUT2D eigenvalue weighted by atomic mass is 10.2. The van der Waals surface area contributed by atoms with Gasteiger partial charge in [-0.3, -0.25) is 14.9 Å². The van der Waals surface area contributed by atoms with Crippen LogP contribution in [0.4, 0.5) is 5.69 Å². The summed E-state index contributed by atoms with van der Waals surface area (Å²) < 4.78 is 11.9. The van der Waals surface area contributed by atoms with Crippen molar-refractivity contribution in [3.63, 3.8) is 0 Å². The van der Waals surface area contributed by atoms with E-state index >= 15 is 0 Å². The van der Waals surface area contributed by atoms with Crippen LogP contribution in [0.1, 0.15) is 21.5 Å². The smallest absolute Gasteiger partial charge is 0.282 e. The molecule has 0 radical (unpaired) electrons. The predicted molar refractivity (Wildman–Crippen MR) is 125 cm³/mol. The molecule has 164 valence electrons. The first-order valence-corrected chi connectivity index (χ1v) is 10.4. The average Bonchev–Trinajstić information content (AvgIpc) is 2.79. The Morgan fingerprint density at radius 3 is 2.62 bits per heavy atom. The Balaban J connectivity index is 1.71. The monoisotopic (exact) mass is 517 g/mol. The van der Waals surface area contributed by atoms with Gasteiger partial charge in [-0.05, 0) is 57.4 Å². The summed E-state index contributed by atoms with van der Waals surface area (Å²) >= 11 is 9.36. The molecule has 10 heteroatoms. The highest BCUT2D eigenvalue weighted by atomic mass is 79.9. The van der Waals surface area contributed by atoms with Crippen molar-refractivity contribution in [3.8, 4) is 11.5 Å². The summed E-state index contributed by atoms with van der Waals surface area (Å²) in [5.41, 5.74) is 3.45. The minimum Gasteiger partial charge on any atom is -0.493 e. The van der Waals surface area contributed by atoms with E-state index in [1.165, 1.54) is 37.6 Å². The van der Waals surface area contributed by atoms with Crippen molar-refractivity contribution in [2.24, 2.45) is 5.10 Å². The number of nitrogens with zero attached hydrogens (tertiary/aromatic N) is 2. The lowest BCUT2D eigenvalue weighted by molar-refractivity contribution is -0.385. The maximum absolute atomic E-state index is 12.3. The maximum Gasteiger partial charge on any atom is 0.282 e. The summed E-state index contributed by atoms with van der Waals surface area (Å²) in [5, 5.41) is 15.6. The van der Waals surface area contributed by atoms with Crippen LogP contribution in [-0.4, -0.2) is 24.2 Å². The van der Waals surface area contributed by atoms with Crippen LogP contribution >= 0.6 is 27.5 Å². The summed E-state index contributed by atoms with van der Waals surface area (Å²) in [6.07, 6.45) is 1.39. The topological polar surface area (TPSA) is 103 Å². The molecule has 1 amide bonds. The van der Waals surface area contributed by atoms with Crippen molar-refractivity contribution in [2.45, 2.75) is 6.61 Å². The van der Waals surface area contributed by atoms with E-state index < -0.39 is 10.8 Å². The van der Waals surface area contributed by atoms with E-state index in [-0.39, 0.29) is 11.3 Å². The fraction of sp³-hybridized carbons (Fsp3) is 0.0909. The zero-order chi connectivity index (χ0) is 23.1. The molecule has 0 aliphatic heterocycles. The van der Waals surface area contributed by atoms with Gasteiger partial charge in [0.25, 0.3) is 11.6 Å². The van der Waals surface area contributed by atoms with Crippen molar-refractivity contribution in [1.29, 1.82) is 0 Å². The Labute approximate surface area is 197 Å². The summed E-state index contributed by atoms with van der Waals surface area (Å²) in [6.45, 7) is 0.311. The quantitative estimate of drug-likeness (QED) is 0.246. The van der Waals surface area contributed by atoms with Gasteiger partial charge in [0, 0.05) is 11.1 Å². The number of halogens is 2. The van der Waals surface area contributed by atoms with E-state index in [0.717, 1.165) is 5.56 Å². The highest BCUT2D eigenvalue weighted by molar-refractivity contribution is 9.10. The number of carbonyl (C=O) groups is 1. The number of nitro groups is 1. The second-order valence-corrected chi connectivity index (χ2v) is 7.71. The first-order valence-electron chi connectivity index (χ1n) is 9.20. The molecule has 0 aliphatic carbocycles. The number of hydrogen-bond donors (Lipinski definition) is 1. The lowest BCUT2D eigenvalue weighted by Crippen LogP contribution is -2.18. The van der Waals surface area contributed by atoms with Crippen molar-refractivity contribution < 1.29 is 19.2 Å². The Morgan fingerprint density at radius 2 is 1.94 bits per heavy atom. The molecule has 8 nitrogen and oxygen atoms in total. The normalized spacial score (nSPS) is 10.7. The average molecular weight is 519 g/mol. The van der Waals surface area contributed by atoms with Crippen LogP contribution in [0.15, 0.2) is 70.2 Å². The molecular formula is C22H17BrClN3O5. The number of hydrazone groups is 1. The van der Waals surface area contributed by atoms with Gasteiger partial charge in [0.05, 0.1) is 22.7 Å². The van der Waals surface area contributed by atoms with Gasteiger partial charge in [-0.15, -0.1) is 0 Å². The molecule has 0 saturated heterocycles. The molecule has 3 aromatic carbocycles. The fourth-order valence-corrected chi connectivity index (χ4v) is 3.44. The molecule has 0 saturated carbocycles. The van der Waals surface area contributed by atoms with Crippen LogP contribution in [-0.2, 0) is 6.61 Å². The number of nitro benzene ring substituents is 1. The Hall–Kier alpha value is -3.43. The molecule has 0 unspecified atom stereocenters. The lowest BCUT2D eigenvalue weighted by Gasteiger charge is -2.13. The van der Waals surface area contributed by atoms with E-state index in [4.69, 9.17) is 21.1 Å². The molecule has 0 fully saturated rings. The Morgan fingerprint density at radius 1 is 1.22 bits per heavy atom. The molecular weight excluding hydrogens is 502 g/mol. The van der Waals surface area contributed by atoms with Crippen molar-refractivity contribution in [2.75, 3.05) is 7.11 Å². The summed E-state index contributed by atoms with van der Waals surface area (Å²) in [7, 11) is 1.51. The third kappa shape index (κ3) is 5.83. The summed E-state index contributed by atoms with van der Waals surface area (Å²) in [4.78, 5) is 22.7. The van der Waals surface area contributed by atoms with Gasteiger partial charge < -0.3 is 9.47 Å². The van der Waals surface area contributed by atoms with E-state index in [0.29, 0.717) is 33.2 Å². The molecule has 3 aromatic rings. The first-order chi connectivity index (χ1) is 15.4. The second kappa shape index (κ2) is 10.7. The zero-order valence-electron chi connectivity index (χ0n) is 16.7. The van der Waals surface area contributed by atoms with Crippen LogP contribution in [0.5, 0.6) is 11.5 Å². The van der Waals surface area contributed by atoms with Gasteiger partial charge in [0.15, 0.2) is 11.5 Å². The molecule has 0 heterocycles. The molecule has 0 bridgehead atoms. The van der Waals surface area contributed by atoms with Crippen LogP contribution in [0.3, 0.4) is 0 Å². The second-order valence-electron chi connectivity index (χ2n) is 6.42. The van der Waals surface area contributed by atoms with Gasteiger partial charge in [-0.2, -0.15) is 5.10 Å². The van der Waals surface area contributed by atoms with E-state index in [1.807, 2.05) is 12.1 Å². The summed E-state index contributed by atoms with van der Waals surface area (Å²) in [5.74, 6) is 0.269. The number of amides is 1. The molecule has 0 spiro atoms. The number of benzene rings is 3. The highest BCUT2D eigenvalue weighted by Crippen LogP contribution is 2.37. The number of hydrogen-bond acceptors (Lipinski definition) is 6. The number of methoxy groups -OCH3 is 1. The van der Waals surface area contributed by atoms with Gasteiger partial charge in [0.2, 0.25) is 0 Å². The standard InChI is InChI=1S/C22H17BrClN3O5/c1-31-20-11-15(10-18(23)21(20)32-13-14-6-8-16(24)9-7-14)12-25-26-22(28)17-4-2-3-5-19(17)27(29)30/h2-12H,13H2,1H3,(H,26,28)/b25-12-. The predicted octanol–water partition coefficient (Wildman–Crippen LogP) is 5.36. The maximum atomic E-state index is 12.3. The molecule has 0 aromatic heterocycles. The van der Waals surface area contributed by atoms with E-state index in [1.54, 1.807) is 24.3 Å². The van der Waals surface area contributed by atoms with Crippen LogP contribution in [0.25, 0.3) is 0 Å². The van der Waals surface area contributed by atoms with Gasteiger partial charge in [-0.1, -0.05) is 35.9 Å². The third-order valence-corrected chi connectivity index (χ3v) is 5.11. The van der Waals surface area contributed by atoms with Crippen molar-refractivity contribution in [3.05, 3.63) is 97.0 Å². The number of ether oxygens (including phenoxy) is 2. The van der Waals surface area contributed by atoms with Crippen molar-refractivity contribution >= 4 is 45.3 Å². The number of para-hydroxylation sites is 1. The van der Waals surface area contributed by atoms with Crippen LogP contribution in [0, 0.1) is 10.1 Å². The largest absolute Gasteiger partial charge is 0.493 e. The fourth-order valence-electron chi connectivity index (χ4n) is 2.74. The minimum absolute atomic E-state index is 0.0839. The van der Waals surface area contributed by atoms with E-state index in [9.17, 15) is 14.9 Å². The van der Waals surface area contributed by atoms with Gasteiger partial charge in [0.1, 0.15) is 12.2 Å².